The van der Waals surface area contributed by atoms with Crippen LogP contribution in [0, 0.1) is 23.3 Å². The fourth-order valence-corrected chi connectivity index (χ4v) is 5.41. The standard InChI is InChI=1S/C11H13F4O12P3/c12-5-1-4(9(13)11(15)10(5)14)7-2-6(16)8(25-7)3-24-29(20,21)27-30(22,23)26-28(17,18)19/h1,6-8,16H,2-3H2,(H,20,21)(H,22,23)(H2,17,18,19)/t6-,7+,8+/m0/s1. The van der Waals surface area contributed by atoms with Crippen LogP contribution >= 0.6 is 23.5 Å². The molecule has 1 aromatic carbocycles. The molecule has 1 saturated heterocycles. The van der Waals surface area contributed by atoms with Gasteiger partial charge in [0.25, 0.3) is 0 Å². The molecule has 0 aliphatic carbocycles. The summed E-state index contributed by atoms with van der Waals surface area (Å²) in [6.07, 6.45) is -5.17. The van der Waals surface area contributed by atoms with Gasteiger partial charge in [-0.15, -0.1) is 0 Å². The summed E-state index contributed by atoms with van der Waals surface area (Å²) in [5.41, 5.74) is -0.800. The normalized spacial score (nSPS) is 26.4. The van der Waals surface area contributed by atoms with E-state index in [1.165, 1.54) is 0 Å². The fourth-order valence-electron chi connectivity index (χ4n) is 2.38. The first-order chi connectivity index (χ1) is 13.5. The summed E-state index contributed by atoms with van der Waals surface area (Å²) >= 11 is 0. The second kappa shape index (κ2) is 9.02. The number of halogens is 4. The SMILES string of the molecule is O=P(O)(O)OP(=O)(O)OP(=O)(O)OC[C@H]1O[C@@H](c2cc(F)c(F)c(F)c2F)C[C@@H]1O. The molecule has 0 bridgehead atoms. The van der Waals surface area contributed by atoms with E-state index in [1.807, 2.05) is 0 Å². The molecule has 5 N–H and O–H groups in total. The maximum Gasteiger partial charge on any atom is 0.490 e. The number of ether oxygens (including phenoxy) is 1. The lowest BCUT2D eigenvalue weighted by atomic mass is 10.0. The molecule has 19 heteroatoms. The maximum absolute atomic E-state index is 13.8. The van der Waals surface area contributed by atoms with Gasteiger partial charge in [-0.2, -0.15) is 8.62 Å². The van der Waals surface area contributed by atoms with E-state index in [1.54, 1.807) is 0 Å². The minimum atomic E-state index is -5.77. The van der Waals surface area contributed by atoms with Crippen molar-refractivity contribution in [3.63, 3.8) is 0 Å². The third-order valence-electron chi connectivity index (χ3n) is 3.52. The average molecular weight is 506 g/mol. The molecule has 1 aliphatic heterocycles. The molecule has 172 valence electrons. The van der Waals surface area contributed by atoms with Crippen molar-refractivity contribution >= 4 is 23.5 Å². The molecule has 0 saturated carbocycles. The van der Waals surface area contributed by atoms with Gasteiger partial charge >= 0.3 is 23.5 Å². The van der Waals surface area contributed by atoms with E-state index in [4.69, 9.17) is 19.4 Å². The Morgan fingerprint density at radius 1 is 0.967 bits per heavy atom. The molecule has 1 heterocycles. The highest BCUT2D eigenvalue weighted by molar-refractivity contribution is 7.66. The van der Waals surface area contributed by atoms with Crippen LogP contribution in [0.15, 0.2) is 6.07 Å². The zero-order valence-corrected chi connectivity index (χ0v) is 16.9. The van der Waals surface area contributed by atoms with E-state index >= 15 is 0 Å². The summed E-state index contributed by atoms with van der Waals surface area (Å²) in [7, 11) is -16.9. The molecule has 1 aliphatic rings. The lowest BCUT2D eigenvalue weighted by molar-refractivity contribution is -0.0231. The van der Waals surface area contributed by atoms with Crippen molar-refractivity contribution in [2.45, 2.75) is 24.7 Å². The molecule has 1 aromatic rings. The summed E-state index contributed by atoms with van der Waals surface area (Å²) in [6, 6.07) is 0.288. The van der Waals surface area contributed by atoms with Crippen molar-refractivity contribution < 1.29 is 73.8 Å². The number of benzene rings is 1. The molecule has 5 atom stereocenters. The fraction of sp³-hybridized carbons (Fsp3) is 0.455. The first-order valence-electron chi connectivity index (χ1n) is 7.46. The molecular weight excluding hydrogens is 493 g/mol. The van der Waals surface area contributed by atoms with Crippen LogP contribution in [-0.2, 0) is 31.6 Å². The van der Waals surface area contributed by atoms with Gasteiger partial charge in [0.05, 0.1) is 18.8 Å². The summed E-state index contributed by atoms with van der Waals surface area (Å²) in [6.45, 7) is -1.07. The number of hydrogen-bond acceptors (Lipinski definition) is 8. The van der Waals surface area contributed by atoms with Crippen molar-refractivity contribution in [1.82, 2.24) is 0 Å². The van der Waals surface area contributed by atoms with Gasteiger partial charge in [-0.3, -0.25) is 4.52 Å². The second-order valence-electron chi connectivity index (χ2n) is 5.74. The van der Waals surface area contributed by atoms with E-state index in [0.717, 1.165) is 0 Å². The third-order valence-corrected chi connectivity index (χ3v) is 7.32. The van der Waals surface area contributed by atoms with Crippen molar-refractivity contribution in [1.29, 1.82) is 0 Å². The van der Waals surface area contributed by atoms with Gasteiger partial charge in [0.2, 0.25) is 0 Å². The van der Waals surface area contributed by atoms with E-state index in [-0.39, 0.29) is 6.07 Å². The predicted molar refractivity (Wildman–Crippen MR) is 84.3 cm³/mol. The molecule has 2 rings (SSSR count). The Balaban J connectivity index is 2.05. The highest BCUT2D eigenvalue weighted by atomic mass is 31.3. The van der Waals surface area contributed by atoms with Crippen molar-refractivity contribution in [2.24, 2.45) is 0 Å². The van der Waals surface area contributed by atoms with Gasteiger partial charge in [-0.1, -0.05) is 0 Å². The molecule has 2 unspecified atom stereocenters. The maximum atomic E-state index is 13.8. The molecule has 12 nitrogen and oxygen atoms in total. The largest absolute Gasteiger partial charge is 0.490 e. The van der Waals surface area contributed by atoms with Crippen molar-refractivity contribution in [3.8, 4) is 0 Å². The van der Waals surface area contributed by atoms with Crippen LogP contribution in [0.25, 0.3) is 0 Å². The third kappa shape index (κ3) is 6.63. The van der Waals surface area contributed by atoms with E-state index in [0.29, 0.717) is 0 Å². The number of phosphoric acid groups is 3. The van der Waals surface area contributed by atoms with Gasteiger partial charge in [0, 0.05) is 12.0 Å². The Bertz CT molecular complexity index is 954. The summed E-state index contributed by atoms with van der Waals surface area (Å²) < 4.78 is 103. The lowest BCUT2D eigenvalue weighted by Crippen LogP contribution is -2.26. The van der Waals surface area contributed by atoms with Crippen molar-refractivity contribution in [3.05, 3.63) is 34.9 Å². The molecule has 30 heavy (non-hydrogen) atoms. The number of aliphatic hydroxyl groups is 1. The molecule has 0 aromatic heterocycles. The minimum absolute atomic E-state index is 0.288. The number of rotatable bonds is 8. The summed E-state index contributed by atoms with van der Waals surface area (Å²) in [5, 5.41) is 9.85. The van der Waals surface area contributed by atoms with Gasteiger partial charge < -0.3 is 29.4 Å². The summed E-state index contributed by atoms with van der Waals surface area (Å²) in [4.78, 5) is 35.2. The van der Waals surface area contributed by atoms with Gasteiger partial charge in [0.1, 0.15) is 6.10 Å². The Labute approximate surface area is 164 Å². The van der Waals surface area contributed by atoms with Crippen LogP contribution in [0.5, 0.6) is 0 Å². The van der Waals surface area contributed by atoms with Crippen LogP contribution in [0.4, 0.5) is 17.6 Å². The minimum Gasteiger partial charge on any atom is -0.390 e. The molecule has 0 amide bonds. The molecule has 0 radical (unpaired) electrons. The highest BCUT2D eigenvalue weighted by Gasteiger charge is 2.43. The molecule has 1 fully saturated rings. The van der Waals surface area contributed by atoms with Crippen LogP contribution < -0.4 is 0 Å². The molecule has 0 spiro atoms. The Morgan fingerprint density at radius 2 is 1.57 bits per heavy atom. The smallest absolute Gasteiger partial charge is 0.390 e. The molecular formula is C11H13F4O12P3. The average Bonchev–Trinajstić information content (AvgIpc) is 2.92. The van der Waals surface area contributed by atoms with Crippen LogP contribution in [0.2, 0.25) is 0 Å². The van der Waals surface area contributed by atoms with Crippen LogP contribution in [-0.4, -0.2) is 43.5 Å². The summed E-state index contributed by atoms with van der Waals surface area (Å²) in [5.74, 6) is -7.72. The van der Waals surface area contributed by atoms with E-state index < -0.39 is 83.6 Å². The monoisotopic (exact) mass is 506 g/mol. The number of hydrogen-bond donors (Lipinski definition) is 5. The first-order valence-corrected chi connectivity index (χ1v) is 12.0. The predicted octanol–water partition coefficient (Wildman–Crippen LogP) is 1.78. The second-order valence-corrected chi connectivity index (χ2v) is 10.2. The van der Waals surface area contributed by atoms with Gasteiger partial charge in [-0.05, 0) is 6.07 Å². The zero-order valence-electron chi connectivity index (χ0n) is 14.2. The Morgan fingerprint density at radius 3 is 2.13 bits per heavy atom. The van der Waals surface area contributed by atoms with Crippen molar-refractivity contribution in [2.75, 3.05) is 6.61 Å². The number of phosphoric ester groups is 1. The van der Waals surface area contributed by atoms with E-state index in [9.17, 15) is 41.3 Å². The van der Waals surface area contributed by atoms with Crippen LogP contribution in [0.3, 0.4) is 0 Å². The zero-order chi connectivity index (χ0) is 23.1. The topological polar surface area (TPSA) is 189 Å². The van der Waals surface area contributed by atoms with E-state index in [2.05, 4.69) is 13.1 Å². The Hall–Kier alpha value is -0.730. The quantitative estimate of drug-likeness (QED) is 0.149. The van der Waals surface area contributed by atoms with Crippen LogP contribution in [0.1, 0.15) is 18.1 Å². The number of aliphatic hydroxyl groups excluding tert-OH is 1. The van der Waals surface area contributed by atoms with Gasteiger partial charge in [-0.25, -0.2) is 31.3 Å². The first kappa shape index (κ1) is 25.5. The Kier molecular flexibility index (Phi) is 7.68. The lowest BCUT2D eigenvalue weighted by Gasteiger charge is -2.19. The van der Waals surface area contributed by atoms with Gasteiger partial charge in [0.15, 0.2) is 23.3 Å². The highest BCUT2D eigenvalue weighted by Crippen LogP contribution is 2.66.